The third-order valence-corrected chi connectivity index (χ3v) is 3.26. The maximum Gasteiger partial charge on any atom is 0.355 e. The Morgan fingerprint density at radius 1 is 1.04 bits per heavy atom. The fraction of sp³-hybridized carbons (Fsp3) is 0.750. The summed E-state index contributed by atoms with van der Waals surface area (Å²) in [6.07, 6.45) is 3.31. The number of hydrogen-bond donors (Lipinski definition) is 3. The summed E-state index contributed by atoms with van der Waals surface area (Å²) in [6.45, 7) is 6.93. The molecule has 0 atom stereocenters. The van der Waals surface area contributed by atoms with Crippen molar-refractivity contribution in [2.24, 2.45) is 5.41 Å². The van der Waals surface area contributed by atoms with Gasteiger partial charge in [0.1, 0.15) is 6.26 Å². The second-order valence-corrected chi connectivity index (χ2v) is 5.12. The molecule has 8 nitrogen and oxygen atoms in total. The van der Waals surface area contributed by atoms with Gasteiger partial charge < -0.3 is 20.1 Å². The van der Waals surface area contributed by atoms with E-state index >= 15 is 0 Å². The van der Waals surface area contributed by atoms with Gasteiger partial charge in [-0.3, -0.25) is 14.6 Å². The molecule has 0 aliphatic rings. The van der Waals surface area contributed by atoms with E-state index in [0.29, 0.717) is 13.0 Å². The van der Waals surface area contributed by atoms with E-state index in [9.17, 15) is 9.59 Å². The van der Waals surface area contributed by atoms with Crippen molar-refractivity contribution in [2.75, 3.05) is 26.4 Å². The molecule has 0 fully saturated rings. The van der Waals surface area contributed by atoms with Crippen molar-refractivity contribution in [3.05, 3.63) is 12.8 Å². The van der Waals surface area contributed by atoms with Gasteiger partial charge in [0.15, 0.2) is 0 Å². The molecule has 0 aliphatic heterocycles. The summed E-state index contributed by atoms with van der Waals surface area (Å²) >= 11 is 0. The molecule has 0 aromatic heterocycles. The number of carbonyl (C=O) groups is 2. The van der Waals surface area contributed by atoms with Crippen molar-refractivity contribution < 1.29 is 39.4 Å². The van der Waals surface area contributed by atoms with Crippen molar-refractivity contribution in [3.8, 4) is 0 Å². The number of unbranched alkanes of at least 4 members (excludes halogenated alkanes) is 1. The van der Waals surface area contributed by atoms with E-state index in [1.54, 1.807) is 0 Å². The molecule has 0 rings (SSSR count). The zero-order chi connectivity index (χ0) is 18.8. The Hall–Kier alpha value is -1.64. The Morgan fingerprint density at radius 2 is 1.58 bits per heavy atom. The van der Waals surface area contributed by atoms with E-state index in [2.05, 4.69) is 16.4 Å². The normalized spacial score (nSPS) is 10.2. The van der Waals surface area contributed by atoms with Crippen molar-refractivity contribution in [1.29, 1.82) is 0 Å². The van der Waals surface area contributed by atoms with Gasteiger partial charge in [-0.15, -0.1) is 0 Å². The molecule has 142 valence electrons. The predicted molar refractivity (Wildman–Crippen MR) is 86.5 cm³/mol. The zero-order valence-electron chi connectivity index (χ0n) is 14.5. The smallest absolute Gasteiger partial charge is 0.355 e. The zero-order valence-corrected chi connectivity index (χ0v) is 14.5. The van der Waals surface area contributed by atoms with Gasteiger partial charge in [0, 0.05) is 5.41 Å². The van der Waals surface area contributed by atoms with Gasteiger partial charge in [0.2, 0.25) is 0 Å². The first-order valence-electron chi connectivity index (χ1n) is 7.90. The average molecular weight is 350 g/mol. The van der Waals surface area contributed by atoms with Crippen LogP contribution in [0.5, 0.6) is 0 Å². The number of carbonyl (C=O) groups excluding carboxylic acids is 2. The fourth-order valence-corrected chi connectivity index (χ4v) is 1.22. The van der Waals surface area contributed by atoms with E-state index in [0.717, 1.165) is 19.1 Å². The Morgan fingerprint density at radius 3 is 1.96 bits per heavy atom. The minimum atomic E-state index is -0.667. The van der Waals surface area contributed by atoms with Crippen LogP contribution in [0, 0.1) is 5.41 Å². The summed E-state index contributed by atoms with van der Waals surface area (Å²) in [5.74, 6) is -1.03. The topological polar surface area (TPSA) is 123 Å². The first kappa shape index (κ1) is 24.6. The molecule has 0 saturated carbocycles. The molecule has 0 aromatic rings. The van der Waals surface area contributed by atoms with Gasteiger partial charge in [-0.25, -0.2) is 4.79 Å². The van der Waals surface area contributed by atoms with Crippen molar-refractivity contribution in [2.45, 2.75) is 46.0 Å². The number of aliphatic hydroxyl groups is 3. The van der Waals surface area contributed by atoms with Crippen LogP contribution in [0.4, 0.5) is 0 Å². The third-order valence-electron chi connectivity index (χ3n) is 3.26. The Labute approximate surface area is 143 Å². The lowest BCUT2D eigenvalue weighted by atomic mass is 9.88. The van der Waals surface area contributed by atoms with Crippen LogP contribution < -0.4 is 0 Å². The van der Waals surface area contributed by atoms with Crippen LogP contribution in [0.1, 0.15) is 46.0 Å². The Kier molecular flexibility index (Phi) is 16.6. The lowest BCUT2D eigenvalue weighted by molar-refractivity contribution is -0.238. The highest BCUT2D eigenvalue weighted by atomic mass is 17.2. The number of rotatable bonds is 12. The largest absolute Gasteiger partial charge is 0.466 e. The maximum atomic E-state index is 11.0. The monoisotopic (exact) mass is 350 g/mol. The predicted octanol–water partition coefficient (Wildman–Crippen LogP) is 1.09. The Balaban J connectivity index is 0. The summed E-state index contributed by atoms with van der Waals surface area (Å²) in [6, 6.07) is 0. The summed E-state index contributed by atoms with van der Waals surface area (Å²) < 4.78 is 4.83. The SMILES string of the molecule is C=COOC(=O)CCC(=O)OCCCC.CCC(CO)(CO)CO. The first-order valence-corrected chi connectivity index (χ1v) is 7.90. The molecule has 0 saturated heterocycles. The van der Waals surface area contributed by atoms with Gasteiger partial charge in [-0.05, 0) is 12.8 Å². The van der Waals surface area contributed by atoms with Crippen LogP contribution in [0.25, 0.3) is 0 Å². The summed E-state index contributed by atoms with van der Waals surface area (Å²) in [4.78, 5) is 30.2. The van der Waals surface area contributed by atoms with Crippen molar-refractivity contribution >= 4 is 11.9 Å². The van der Waals surface area contributed by atoms with Crippen LogP contribution in [-0.4, -0.2) is 53.7 Å². The maximum absolute atomic E-state index is 11.0. The van der Waals surface area contributed by atoms with Gasteiger partial charge in [-0.1, -0.05) is 26.8 Å². The minimum absolute atomic E-state index is 0.00303. The second-order valence-electron chi connectivity index (χ2n) is 5.12. The number of esters is 1. The average Bonchev–Trinajstić information content (AvgIpc) is 2.61. The van der Waals surface area contributed by atoms with Crippen LogP contribution in [-0.2, 0) is 24.1 Å². The standard InChI is InChI=1S/C10H16O5.C6H14O3/c1-3-5-8-13-9(11)6-7-10(12)15-14-4-2;1-2-6(3-7,4-8)5-9/h4H,2-3,5-8H2,1H3;7-9H,2-5H2,1H3. The summed E-state index contributed by atoms with van der Waals surface area (Å²) in [5.41, 5.74) is -0.667. The molecule has 0 radical (unpaired) electrons. The molecule has 8 heteroatoms. The van der Waals surface area contributed by atoms with E-state index in [1.165, 1.54) is 0 Å². The van der Waals surface area contributed by atoms with Crippen LogP contribution >= 0.6 is 0 Å². The molecule has 3 N–H and O–H groups in total. The molecule has 0 aliphatic carbocycles. The van der Waals surface area contributed by atoms with E-state index in [4.69, 9.17) is 20.1 Å². The molecule has 0 aromatic carbocycles. The lowest BCUT2D eigenvalue weighted by Gasteiger charge is -2.24. The van der Waals surface area contributed by atoms with Gasteiger partial charge in [0.05, 0.1) is 39.3 Å². The lowest BCUT2D eigenvalue weighted by Crippen LogP contribution is -2.32. The van der Waals surface area contributed by atoms with E-state index < -0.39 is 17.4 Å². The highest BCUT2D eigenvalue weighted by Gasteiger charge is 2.24. The third kappa shape index (κ3) is 12.9. The van der Waals surface area contributed by atoms with E-state index in [-0.39, 0.29) is 32.7 Å². The molecule has 0 heterocycles. The number of aliphatic hydroxyl groups excluding tert-OH is 3. The van der Waals surface area contributed by atoms with Crippen LogP contribution in [0.15, 0.2) is 12.8 Å². The first-order chi connectivity index (χ1) is 11.4. The summed E-state index contributed by atoms with van der Waals surface area (Å²) in [5, 5.41) is 26.0. The second kappa shape index (κ2) is 16.2. The van der Waals surface area contributed by atoms with Gasteiger partial charge in [0.25, 0.3) is 0 Å². The minimum Gasteiger partial charge on any atom is -0.466 e. The molecule has 24 heavy (non-hydrogen) atoms. The molecule has 0 unspecified atom stereocenters. The van der Waals surface area contributed by atoms with Crippen LogP contribution in [0.3, 0.4) is 0 Å². The molecule has 0 amide bonds. The molecular weight excluding hydrogens is 320 g/mol. The fourth-order valence-electron chi connectivity index (χ4n) is 1.22. The number of ether oxygens (including phenoxy) is 1. The van der Waals surface area contributed by atoms with Crippen LogP contribution in [0.2, 0.25) is 0 Å². The summed E-state index contributed by atoms with van der Waals surface area (Å²) in [7, 11) is 0. The van der Waals surface area contributed by atoms with Crippen molar-refractivity contribution in [3.63, 3.8) is 0 Å². The number of hydrogen-bond acceptors (Lipinski definition) is 8. The Bertz CT molecular complexity index is 321. The van der Waals surface area contributed by atoms with Gasteiger partial charge >= 0.3 is 11.9 Å². The van der Waals surface area contributed by atoms with Crippen molar-refractivity contribution in [1.82, 2.24) is 0 Å². The molecule has 0 bridgehead atoms. The van der Waals surface area contributed by atoms with Gasteiger partial charge in [-0.2, -0.15) is 0 Å². The van der Waals surface area contributed by atoms with E-state index in [1.807, 2.05) is 13.8 Å². The quantitative estimate of drug-likeness (QED) is 0.157. The molecular formula is C16H30O8. The highest BCUT2D eigenvalue weighted by molar-refractivity contribution is 5.77. The molecule has 0 spiro atoms. The highest BCUT2D eigenvalue weighted by Crippen LogP contribution is 2.18.